The molecule has 0 spiro atoms. The maximum Gasteiger partial charge on any atom is 0.0594 e. The lowest BCUT2D eigenvalue weighted by Gasteiger charge is -2.37. The Morgan fingerprint density at radius 3 is 2.33 bits per heavy atom. The number of rotatable bonds is 7. The summed E-state index contributed by atoms with van der Waals surface area (Å²) in [6.07, 6.45) is 0. The molecule has 0 amide bonds. The minimum Gasteiger partial charge on any atom is -0.396 e. The second-order valence-electron chi connectivity index (χ2n) is 5.80. The Morgan fingerprint density at radius 2 is 1.83 bits per heavy atom. The summed E-state index contributed by atoms with van der Waals surface area (Å²) in [7, 11) is 2.05. The summed E-state index contributed by atoms with van der Waals surface area (Å²) >= 11 is 0. The second kappa shape index (κ2) is 7.40. The Kier molecular flexibility index (Phi) is 6.52. The number of aliphatic hydroxyl groups is 2. The van der Waals surface area contributed by atoms with Crippen LogP contribution in [0.3, 0.4) is 0 Å². The van der Waals surface area contributed by atoms with Crippen molar-refractivity contribution in [2.45, 2.75) is 19.9 Å². The number of hydrogen-bond donors (Lipinski definition) is 2. The van der Waals surface area contributed by atoms with E-state index in [9.17, 15) is 10.2 Å². The molecule has 2 N–H and O–H groups in total. The minimum absolute atomic E-state index is 0.0120. The molecular formula is C13H28N2O3. The Balaban J connectivity index is 2.37. The molecule has 1 aliphatic rings. The van der Waals surface area contributed by atoms with Crippen LogP contribution in [0, 0.1) is 5.41 Å². The Morgan fingerprint density at radius 1 is 1.28 bits per heavy atom. The Bertz CT molecular complexity index is 228. The molecule has 0 saturated carbocycles. The van der Waals surface area contributed by atoms with Gasteiger partial charge in [-0.1, -0.05) is 6.92 Å². The normalized spacial score (nSPS) is 20.3. The van der Waals surface area contributed by atoms with E-state index >= 15 is 0 Å². The van der Waals surface area contributed by atoms with Gasteiger partial charge in [-0.2, -0.15) is 0 Å². The van der Waals surface area contributed by atoms with Gasteiger partial charge < -0.3 is 19.8 Å². The predicted molar refractivity (Wildman–Crippen MR) is 71.6 cm³/mol. The van der Waals surface area contributed by atoms with Crippen LogP contribution in [0.2, 0.25) is 0 Å². The first-order valence-corrected chi connectivity index (χ1v) is 6.73. The third-order valence-electron chi connectivity index (χ3n) is 3.77. The smallest absolute Gasteiger partial charge is 0.0594 e. The molecule has 0 bridgehead atoms. The molecule has 18 heavy (non-hydrogen) atoms. The van der Waals surface area contributed by atoms with E-state index in [4.69, 9.17) is 4.74 Å². The Hall–Kier alpha value is -0.200. The standard InChI is InChI=1S/C13H28N2O3/c1-12(8-15-4-6-18-7-5-15)14(3)9-13(2,10-16)11-17/h12,16-17H,4-11H2,1-3H3. The van der Waals surface area contributed by atoms with Crippen LogP contribution < -0.4 is 0 Å². The monoisotopic (exact) mass is 260 g/mol. The van der Waals surface area contributed by atoms with Gasteiger partial charge in [0, 0.05) is 37.6 Å². The van der Waals surface area contributed by atoms with Crippen LogP contribution in [-0.4, -0.2) is 85.7 Å². The van der Waals surface area contributed by atoms with Crippen molar-refractivity contribution in [2.24, 2.45) is 5.41 Å². The SMILES string of the molecule is CC(CN1CCOCC1)N(C)CC(C)(CO)CO. The van der Waals surface area contributed by atoms with E-state index in [1.807, 2.05) is 6.92 Å². The van der Waals surface area contributed by atoms with Crippen molar-refractivity contribution < 1.29 is 14.9 Å². The minimum atomic E-state index is -0.423. The van der Waals surface area contributed by atoms with Crippen molar-refractivity contribution in [1.82, 2.24) is 9.80 Å². The third-order valence-corrected chi connectivity index (χ3v) is 3.77. The zero-order chi connectivity index (χ0) is 13.6. The quantitative estimate of drug-likeness (QED) is 0.654. The molecule has 0 radical (unpaired) electrons. The van der Waals surface area contributed by atoms with Gasteiger partial charge in [0.25, 0.3) is 0 Å². The highest BCUT2D eigenvalue weighted by molar-refractivity contribution is 4.79. The molecular weight excluding hydrogens is 232 g/mol. The van der Waals surface area contributed by atoms with Gasteiger partial charge in [-0.3, -0.25) is 4.90 Å². The molecule has 108 valence electrons. The first kappa shape index (κ1) is 15.9. The van der Waals surface area contributed by atoms with Gasteiger partial charge in [0.1, 0.15) is 0 Å². The molecule has 1 fully saturated rings. The van der Waals surface area contributed by atoms with E-state index in [-0.39, 0.29) is 13.2 Å². The van der Waals surface area contributed by atoms with Crippen LogP contribution in [0.25, 0.3) is 0 Å². The van der Waals surface area contributed by atoms with Gasteiger partial charge in [0.05, 0.1) is 26.4 Å². The van der Waals surface area contributed by atoms with E-state index in [2.05, 4.69) is 23.8 Å². The molecule has 1 unspecified atom stereocenters. The topological polar surface area (TPSA) is 56.2 Å². The number of likely N-dealkylation sites (N-methyl/N-ethyl adjacent to an activating group) is 1. The summed E-state index contributed by atoms with van der Waals surface area (Å²) < 4.78 is 5.34. The fraction of sp³-hybridized carbons (Fsp3) is 1.00. The van der Waals surface area contributed by atoms with Crippen molar-refractivity contribution in [2.75, 3.05) is 59.7 Å². The molecule has 5 nitrogen and oxygen atoms in total. The second-order valence-corrected chi connectivity index (χ2v) is 5.80. The zero-order valence-electron chi connectivity index (χ0n) is 11.9. The summed E-state index contributed by atoms with van der Waals surface area (Å²) in [5.74, 6) is 0. The number of hydrogen-bond acceptors (Lipinski definition) is 5. The highest BCUT2D eigenvalue weighted by Gasteiger charge is 2.27. The highest BCUT2D eigenvalue weighted by atomic mass is 16.5. The van der Waals surface area contributed by atoms with Crippen LogP contribution in [-0.2, 0) is 4.74 Å². The van der Waals surface area contributed by atoms with Crippen LogP contribution >= 0.6 is 0 Å². The summed E-state index contributed by atoms with van der Waals surface area (Å²) in [4.78, 5) is 4.61. The lowest BCUT2D eigenvalue weighted by molar-refractivity contribution is 0.00859. The molecule has 1 heterocycles. The fourth-order valence-electron chi connectivity index (χ4n) is 2.20. The lowest BCUT2D eigenvalue weighted by Crippen LogP contribution is -2.48. The molecule has 5 heteroatoms. The largest absolute Gasteiger partial charge is 0.396 e. The summed E-state index contributed by atoms with van der Waals surface area (Å²) in [5, 5.41) is 18.6. The highest BCUT2D eigenvalue weighted by Crippen LogP contribution is 2.17. The van der Waals surface area contributed by atoms with Gasteiger partial charge in [-0.25, -0.2) is 0 Å². The van der Waals surface area contributed by atoms with Crippen LogP contribution in [0.5, 0.6) is 0 Å². The molecule has 0 aromatic rings. The van der Waals surface area contributed by atoms with Crippen LogP contribution in [0.1, 0.15) is 13.8 Å². The van der Waals surface area contributed by atoms with E-state index in [0.717, 1.165) is 32.8 Å². The molecule has 1 atom stereocenters. The van der Waals surface area contributed by atoms with E-state index in [1.54, 1.807) is 0 Å². The number of nitrogens with zero attached hydrogens (tertiary/aromatic N) is 2. The summed E-state index contributed by atoms with van der Waals surface area (Å²) in [6.45, 7) is 9.46. The van der Waals surface area contributed by atoms with E-state index in [0.29, 0.717) is 12.6 Å². The maximum absolute atomic E-state index is 9.32. The van der Waals surface area contributed by atoms with Crippen LogP contribution in [0.4, 0.5) is 0 Å². The van der Waals surface area contributed by atoms with Crippen molar-refractivity contribution in [3.8, 4) is 0 Å². The van der Waals surface area contributed by atoms with Gasteiger partial charge in [0.15, 0.2) is 0 Å². The molecule has 0 aromatic carbocycles. The lowest BCUT2D eigenvalue weighted by atomic mass is 9.92. The average molecular weight is 260 g/mol. The van der Waals surface area contributed by atoms with Crippen molar-refractivity contribution in [3.63, 3.8) is 0 Å². The molecule has 0 aromatic heterocycles. The fourth-order valence-corrected chi connectivity index (χ4v) is 2.20. The average Bonchev–Trinajstić information content (AvgIpc) is 2.39. The Labute approximate surface area is 110 Å². The predicted octanol–water partition coefficient (Wildman–Crippen LogP) is -0.370. The maximum atomic E-state index is 9.32. The summed E-state index contributed by atoms with van der Waals surface area (Å²) in [5.41, 5.74) is -0.423. The molecule has 0 aliphatic carbocycles. The number of morpholine rings is 1. The third kappa shape index (κ3) is 4.82. The van der Waals surface area contributed by atoms with E-state index < -0.39 is 5.41 Å². The van der Waals surface area contributed by atoms with Crippen molar-refractivity contribution >= 4 is 0 Å². The van der Waals surface area contributed by atoms with Crippen molar-refractivity contribution in [3.05, 3.63) is 0 Å². The van der Waals surface area contributed by atoms with Gasteiger partial charge in [-0.15, -0.1) is 0 Å². The van der Waals surface area contributed by atoms with Crippen LogP contribution in [0.15, 0.2) is 0 Å². The first-order valence-electron chi connectivity index (χ1n) is 6.73. The van der Waals surface area contributed by atoms with E-state index in [1.165, 1.54) is 0 Å². The van der Waals surface area contributed by atoms with Gasteiger partial charge >= 0.3 is 0 Å². The first-order chi connectivity index (χ1) is 8.50. The molecule has 1 saturated heterocycles. The summed E-state index contributed by atoms with van der Waals surface area (Å²) in [6, 6.07) is 0.403. The number of aliphatic hydroxyl groups excluding tert-OH is 2. The van der Waals surface area contributed by atoms with Crippen molar-refractivity contribution in [1.29, 1.82) is 0 Å². The van der Waals surface area contributed by atoms with Gasteiger partial charge in [0.2, 0.25) is 0 Å². The molecule has 1 rings (SSSR count). The number of ether oxygens (including phenoxy) is 1. The van der Waals surface area contributed by atoms with Gasteiger partial charge in [-0.05, 0) is 14.0 Å². The molecule has 1 aliphatic heterocycles. The zero-order valence-corrected chi connectivity index (χ0v) is 11.9.